The molecule has 3 rings (SSSR count). The maximum Gasteiger partial charge on any atom is 0.410 e. The Labute approximate surface area is 216 Å². The van der Waals surface area contributed by atoms with E-state index in [4.69, 9.17) is 9.47 Å². The lowest BCUT2D eigenvalue weighted by molar-refractivity contribution is -0.530. The van der Waals surface area contributed by atoms with Gasteiger partial charge in [-0.15, -0.1) is 0 Å². The molecule has 0 aliphatic carbocycles. The van der Waals surface area contributed by atoms with Crippen molar-refractivity contribution in [3.05, 3.63) is 58.6 Å². The highest BCUT2D eigenvalue weighted by Gasteiger charge is 2.28. The molecule has 6 nitrogen and oxygen atoms in total. The number of hydrogen-bond donors (Lipinski definition) is 0. The van der Waals surface area contributed by atoms with Crippen LogP contribution in [-0.4, -0.2) is 52.8 Å². The first-order chi connectivity index (χ1) is 17.1. The van der Waals surface area contributed by atoms with Gasteiger partial charge in [0.25, 0.3) is 0 Å². The Bertz CT molecular complexity index is 1140. The second-order valence-electron chi connectivity index (χ2n) is 11.4. The van der Waals surface area contributed by atoms with Crippen LogP contribution in [0.2, 0.25) is 0 Å². The van der Waals surface area contributed by atoms with E-state index in [1.807, 2.05) is 0 Å². The molecular formula is C28H35F3N2O4. The van der Waals surface area contributed by atoms with Crippen LogP contribution in [0.25, 0.3) is 11.1 Å². The molecule has 0 radical (unpaired) electrons. The van der Waals surface area contributed by atoms with Gasteiger partial charge >= 0.3 is 6.09 Å². The summed E-state index contributed by atoms with van der Waals surface area (Å²) >= 11 is 0. The first-order valence-electron chi connectivity index (χ1n) is 12.3. The molecule has 0 bridgehead atoms. The predicted octanol–water partition coefficient (Wildman–Crippen LogP) is 6.52. The minimum atomic E-state index is -0.935. The summed E-state index contributed by atoms with van der Waals surface area (Å²) in [5.74, 6) is -3.08. The number of rotatable bonds is 5. The highest BCUT2D eigenvalue weighted by atomic mass is 19.1. The normalized spacial score (nSPS) is 15.6. The molecule has 9 heteroatoms. The van der Waals surface area contributed by atoms with Gasteiger partial charge in [-0.25, -0.2) is 22.7 Å². The van der Waals surface area contributed by atoms with Gasteiger partial charge in [0, 0.05) is 45.0 Å². The molecule has 2 aromatic rings. The first-order valence-corrected chi connectivity index (χ1v) is 12.3. The van der Waals surface area contributed by atoms with Crippen LogP contribution >= 0.6 is 0 Å². The van der Waals surface area contributed by atoms with E-state index in [0.29, 0.717) is 36.2 Å². The molecule has 0 saturated carbocycles. The van der Waals surface area contributed by atoms with Crippen LogP contribution in [0, 0.1) is 28.6 Å². The smallest absolute Gasteiger partial charge is 0.410 e. The summed E-state index contributed by atoms with van der Waals surface area (Å²) in [7, 11) is 0. The molecule has 1 saturated heterocycles. The molecule has 0 aromatic heterocycles. The molecule has 0 N–H and O–H groups in total. The van der Waals surface area contributed by atoms with Gasteiger partial charge in [0.1, 0.15) is 11.4 Å². The van der Waals surface area contributed by atoms with Crippen molar-refractivity contribution in [1.82, 2.24) is 4.90 Å². The quantitative estimate of drug-likeness (QED) is 0.195. The van der Waals surface area contributed by atoms with Gasteiger partial charge in [-0.1, -0.05) is 6.07 Å². The zero-order chi connectivity index (χ0) is 27.5. The molecule has 1 amide bonds. The predicted molar refractivity (Wildman–Crippen MR) is 136 cm³/mol. The Morgan fingerprint density at radius 1 is 1.03 bits per heavy atom. The van der Waals surface area contributed by atoms with Crippen molar-refractivity contribution >= 4 is 12.3 Å². The maximum absolute atomic E-state index is 14.8. The number of hydroxylamine groups is 1. The molecule has 202 valence electrons. The van der Waals surface area contributed by atoms with Crippen molar-refractivity contribution in [3.8, 4) is 16.9 Å². The number of likely N-dealkylation sites (tertiary alicyclic amines) is 1. The molecule has 1 aliphatic heterocycles. The summed E-state index contributed by atoms with van der Waals surface area (Å²) in [4.78, 5) is 13.8. The molecular weight excluding hydrogens is 485 g/mol. The monoisotopic (exact) mass is 520 g/mol. The summed E-state index contributed by atoms with van der Waals surface area (Å²) in [5.41, 5.74) is -0.904. The van der Waals surface area contributed by atoms with E-state index in [2.05, 4.69) is 0 Å². The van der Waals surface area contributed by atoms with Crippen molar-refractivity contribution in [3.63, 3.8) is 0 Å². The lowest BCUT2D eigenvalue weighted by Gasteiger charge is -2.33. The van der Waals surface area contributed by atoms with Gasteiger partial charge in [-0.3, -0.25) is 0 Å². The number of hydrogen-bond acceptors (Lipinski definition) is 4. The molecule has 0 spiro atoms. The van der Waals surface area contributed by atoms with Crippen molar-refractivity contribution in [1.29, 1.82) is 0 Å². The average molecular weight is 521 g/mol. The summed E-state index contributed by atoms with van der Waals surface area (Å²) < 4.78 is 55.9. The molecule has 2 aromatic carbocycles. The van der Waals surface area contributed by atoms with E-state index in [9.17, 15) is 23.2 Å². The average Bonchev–Trinajstić information content (AvgIpc) is 2.77. The second-order valence-corrected chi connectivity index (χ2v) is 11.4. The second kappa shape index (κ2) is 11.0. The van der Waals surface area contributed by atoms with E-state index in [1.165, 1.54) is 18.3 Å². The lowest BCUT2D eigenvalue weighted by Crippen LogP contribution is -2.42. The van der Waals surface area contributed by atoms with Crippen LogP contribution in [0.15, 0.2) is 30.3 Å². The van der Waals surface area contributed by atoms with Gasteiger partial charge in [0.15, 0.2) is 29.1 Å². The summed E-state index contributed by atoms with van der Waals surface area (Å²) in [5, 5.41) is 12.1. The molecule has 37 heavy (non-hydrogen) atoms. The molecule has 1 fully saturated rings. The van der Waals surface area contributed by atoms with Crippen molar-refractivity contribution in [2.24, 2.45) is 5.92 Å². The van der Waals surface area contributed by atoms with Gasteiger partial charge < -0.3 is 19.6 Å². The fourth-order valence-electron chi connectivity index (χ4n) is 3.84. The summed E-state index contributed by atoms with van der Waals surface area (Å²) in [6.45, 7) is 11.6. The van der Waals surface area contributed by atoms with Crippen LogP contribution in [0.3, 0.4) is 0 Å². The maximum atomic E-state index is 14.8. The number of ether oxygens (including phenoxy) is 2. The van der Waals surface area contributed by atoms with Gasteiger partial charge in [0.05, 0.1) is 6.61 Å². The van der Waals surface area contributed by atoms with Crippen molar-refractivity contribution < 1.29 is 32.2 Å². The van der Waals surface area contributed by atoms with Crippen molar-refractivity contribution in [2.45, 2.75) is 65.5 Å². The Kier molecular flexibility index (Phi) is 8.45. The third-order valence-electron chi connectivity index (χ3n) is 5.96. The van der Waals surface area contributed by atoms with E-state index in [1.54, 1.807) is 46.4 Å². The number of benzene rings is 2. The highest BCUT2D eigenvalue weighted by molar-refractivity contribution is 5.78. The standard InChI is InChI=1S/C28H35F3N2O4/c1-27(2,3)33(35)16-19-7-8-21(22(29)13-19)20-14-23(30)25(24(31)15-20)36-17-18-9-11-32(12-10-18)26(34)37-28(4,5)6/h7-8,13-16,18H,9-12,17H2,1-6H3/b33-16-. The van der Waals surface area contributed by atoms with Crippen LogP contribution in [-0.2, 0) is 4.74 Å². The number of carbonyl (C=O) groups is 1. The number of carbonyl (C=O) groups excluding carboxylic acids is 1. The Morgan fingerprint density at radius 2 is 1.62 bits per heavy atom. The first kappa shape index (κ1) is 28.3. The van der Waals surface area contributed by atoms with Gasteiger partial charge in [0.2, 0.25) is 0 Å². The molecule has 0 atom stereocenters. The Hall–Kier alpha value is -3.23. The molecule has 0 unspecified atom stereocenters. The van der Waals surface area contributed by atoms with E-state index < -0.39 is 34.3 Å². The number of nitrogens with zero attached hydrogens (tertiary/aromatic N) is 2. The fraction of sp³-hybridized carbons (Fsp3) is 0.500. The minimum Gasteiger partial charge on any atom is -0.623 e. The summed E-state index contributed by atoms with van der Waals surface area (Å²) in [6.07, 6.45) is 2.12. The zero-order valence-corrected chi connectivity index (χ0v) is 22.2. The van der Waals surface area contributed by atoms with Crippen LogP contribution in [0.5, 0.6) is 5.75 Å². The Balaban J connectivity index is 1.65. The third kappa shape index (κ3) is 7.63. The Morgan fingerprint density at radius 3 is 2.14 bits per heavy atom. The summed E-state index contributed by atoms with van der Waals surface area (Å²) in [6, 6.07) is 6.10. The molecule has 1 heterocycles. The SMILES string of the molecule is CC(C)(C)OC(=O)N1CCC(COc2c(F)cc(-c3ccc(/C=[N+](\[O-])C(C)(C)C)cc3F)cc2F)CC1. The lowest BCUT2D eigenvalue weighted by atomic mass is 9.98. The van der Waals surface area contributed by atoms with Gasteiger partial charge in [-0.05, 0) is 69.4 Å². The van der Waals surface area contributed by atoms with Crippen LogP contribution < -0.4 is 4.74 Å². The highest BCUT2D eigenvalue weighted by Crippen LogP contribution is 2.32. The minimum absolute atomic E-state index is 0.00391. The van der Waals surface area contributed by atoms with Gasteiger partial charge in [-0.2, -0.15) is 0 Å². The third-order valence-corrected chi connectivity index (χ3v) is 5.96. The van der Waals surface area contributed by atoms with E-state index in [0.717, 1.165) is 18.2 Å². The number of piperidine rings is 1. The number of halogens is 3. The fourth-order valence-corrected chi connectivity index (χ4v) is 3.84. The number of amides is 1. The van der Waals surface area contributed by atoms with E-state index >= 15 is 0 Å². The van der Waals surface area contributed by atoms with E-state index in [-0.39, 0.29) is 29.7 Å². The topological polar surface area (TPSA) is 64.8 Å². The van der Waals surface area contributed by atoms with Crippen LogP contribution in [0.4, 0.5) is 18.0 Å². The zero-order valence-electron chi connectivity index (χ0n) is 22.2. The van der Waals surface area contributed by atoms with Crippen LogP contribution in [0.1, 0.15) is 59.9 Å². The largest absolute Gasteiger partial charge is 0.623 e. The van der Waals surface area contributed by atoms with Crippen molar-refractivity contribution in [2.75, 3.05) is 19.7 Å². The molecule has 1 aliphatic rings.